The Hall–Kier alpha value is -1.10. The van der Waals surface area contributed by atoms with E-state index in [2.05, 4.69) is 17.1 Å². The zero-order valence-electron chi connectivity index (χ0n) is 13.4. The molecule has 1 saturated heterocycles. The van der Waals surface area contributed by atoms with Crippen LogP contribution in [0.3, 0.4) is 0 Å². The highest BCUT2D eigenvalue weighted by Crippen LogP contribution is 2.23. The van der Waals surface area contributed by atoms with Crippen LogP contribution >= 0.6 is 0 Å². The van der Waals surface area contributed by atoms with Gasteiger partial charge in [0.15, 0.2) is 0 Å². The number of nitrogens with zero attached hydrogens (tertiary/aromatic N) is 1. The fourth-order valence-corrected chi connectivity index (χ4v) is 2.86. The summed E-state index contributed by atoms with van der Waals surface area (Å²) >= 11 is 0. The number of aliphatic carboxylic acids is 1. The summed E-state index contributed by atoms with van der Waals surface area (Å²) in [6, 6.07) is -0.0768. The highest BCUT2D eigenvalue weighted by molar-refractivity contribution is 5.81. The summed E-state index contributed by atoms with van der Waals surface area (Å²) in [5.74, 6) is -0.0930. The number of carboxylic acid groups (broad SMARTS) is 1. The molecule has 0 aromatic carbocycles. The average Bonchev–Trinajstić information content (AvgIpc) is 2.49. The van der Waals surface area contributed by atoms with Crippen molar-refractivity contribution in [1.29, 1.82) is 0 Å². The lowest BCUT2D eigenvalue weighted by molar-refractivity contribution is -0.137. The largest absolute Gasteiger partial charge is 0.481 e. The molecule has 21 heavy (non-hydrogen) atoms. The van der Waals surface area contributed by atoms with Gasteiger partial charge in [-0.2, -0.15) is 0 Å². The van der Waals surface area contributed by atoms with Gasteiger partial charge in [-0.1, -0.05) is 19.8 Å². The summed E-state index contributed by atoms with van der Waals surface area (Å²) in [4.78, 5) is 24.9. The lowest BCUT2D eigenvalue weighted by Crippen LogP contribution is -2.48. The number of hydrogen-bond donors (Lipinski definition) is 2. The summed E-state index contributed by atoms with van der Waals surface area (Å²) in [7, 11) is 0. The van der Waals surface area contributed by atoms with Crippen LogP contribution in [0.1, 0.15) is 58.8 Å². The van der Waals surface area contributed by atoms with E-state index in [-0.39, 0.29) is 18.4 Å². The van der Waals surface area contributed by atoms with E-state index in [1.54, 1.807) is 0 Å². The van der Waals surface area contributed by atoms with Crippen LogP contribution in [0.5, 0.6) is 0 Å². The van der Waals surface area contributed by atoms with Crippen molar-refractivity contribution in [2.75, 3.05) is 19.6 Å². The molecule has 0 radical (unpaired) electrons. The molecule has 1 amide bonds. The number of rotatable bonds is 9. The first-order valence-corrected chi connectivity index (χ1v) is 8.28. The highest BCUT2D eigenvalue weighted by atomic mass is 16.4. The molecule has 0 bridgehead atoms. The molecule has 5 heteroatoms. The lowest BCUT2D eigenvalue weighted by atomic mass is 9.91. The van der Waals surface area contributed by atoms with Crippen LogP contribution in [-0.4, -0.2) is 47.6 Å². The van der Waals surface area contributed by atoms with Crippen LogP contribution in [0.2, 0.25) is 0 Å². The normalized spacial score (nSPS) is 18.4. The van der Waals surface area contributed by atoms with Gasteiger partial charge < -0.3 is 10.4 Å². The van der Waals surface area contributed by atoms with E-state index >= 15 is 0 Å². The predicted molar refractivity (Wildman–Crippen MR) is 83.2 cm³/mol. The van der Waals surface area contributed by atoms with Gasteiger partial charge in [0.25, 0.3) is 0 Å². The number of unbranched alkanes of at least 4 members (excludes halogenated alkanes) is 2. The minimum absolute atomic E-state index is 0.0768. The standard InChI is InChI=1S/C16H30N2O3/c1-3-4-5-10-17-16(21)13(2)18-11-8-14(9-12-18)6-7-15(19)20/h13-14H,3-12H2,1-2H3,(H,17,21)(H,19,20). The van der Waals surface area contributed by atoms with Gasteiger partial charge >= 0.3 is 5.97 Å². The van der Waals surface area contributed by atoms with Crippen LogP contribution in [0, 0.1) is 5.92 Å². The van der Waals surface area contributed by atoms with E-state index in [4.69, 9.17) is 5.11 Å². The third-order valence-corrected chi connectivity index (χ3v) is 4.42. The molecular weight excluding hydrogens is 268 g/mol. The van der Waals surface area contributed by atoms with E-state index in [1.165, 1.54) is 0 Å². The molecule has 0 spiro atoms. The molecule has 0 aromatic rings. The zero-order valence-corrected chi connectivity index (χ0v) is 13.4. The smallest absolute Gasteiger partial charge is 0.303 e. The Morgan fingerprint density at radius 1 is 1.29 bits per heavy atom. The van der Waals surface area contributed by atoms with E-state index in [0.717, 1.165) is 58.2 Å². The number of hydrogen-bond acceptors (Lipinski definition) is 3. The summed E-state index contributed by atoms with van der Waals surface area (Å²) in [5.41, 5.74) is 0. The number of likely N-dealkylation sites (tertiary alicyclic amines) is 1. The van der Waals surface area contributed by atoms with Gasteiger partial charge in [-0.25, -0.2) is 0 Å². The van der Waals surface area contributed by atoms with Crippen molar-refractivity contribution in [3.8, 4) is 0 Å². The number of carbonyl (C=O) groups excluding carboxylic acids is 1. The Morgan fingerprint density at radius 3 is 2.52 bits per heavy atom. The first-order valence-electron chi connectivity index (χ1n) is 8.28. The van der Waals surface area contributed by atoms with Crippen LogP contribution in [0.25, 0.3) is 0 Å². The van der Waals surface area contributed by atoms with Crippen molar-refractivity contribution in [3.05, 3.63) is 0 Å². The Kier molecular flexibility index (Phi) is 8.35. The minimum atomic E-state index is -0.711. The molecule has 1 heterocycles. The lowest BCUT2D eigenvalue weighted by Gasteiger charge is -2.35. The van der Waals surface area contributed by atoms with Crippen molar-refractivity contribution in [2.45, 2.75) is 64.8 Å². The summed E-state index contributed by atoms with van der Waals surface area (Å²) in [5, 5.41) is 11.7. The van der Waals surface area contributed by atoms with Gasteiger partial charge in [0.05, 0.1) is 6.04 Å². The number of carboxylic acids is 1. The molecule has 1 fully saturated rings. The third kappa shape index (κ3) is 6.93. The maximum Gasteiger partial charge on any atom is 0.303 e. The van der Waals surface area contributed by atoms with Crippen LogP contribution in [0.15, 0.2) is 0 Å². The average molecular weight is 298 g/mol. The topological polar surface area (TPSA) is 69.6 Å². The number of carbonyl (C=O) groups is 2. The quantitative estimate of drug-likeness (QED) is 0.641. The number of amides is 1. The first kappa shape index (κ1) is 18.0. The van der Waals surface area contributed by atoms with Crippen molar-refractivity contribution < 1.29 is 14.7 Å². The molecular formula is C16H30N2O3. The predicted octanol–water partition coefficient (Wildman–Crippen LogP) is 2.26. The van der Waals surface area contributed by atoms with Gasteiger partial charge in [0, 0.05) is 13.0 Å². The van der Waals surface area contributed by atoms with Crippen molar-refractivity contribution in [2.24, 2.45) is 5.92 Å². The first-order chi connectivity index (χ1) is 10.0. The van der Waals surface area contributed by atoms with Crippen LogP contribution in [0.4, 0.5) is 0 Å². The van der Waals surface area contributed by atoms with Crippen LogP contribution < -0.4 is 5.32 Å². The van der Waals surface area contributed by atoms with Crippen LogP contribution in [-0.2, 0) is 9.59 Å². The minimum Gasteiger partial charge on any atom is -0.481 e. The second-order valence-corrected chi connectivity index (χ2v) is 6.09. The van der Waals surface area contributed by atoms with E-state index < -0.39 is 5.97 Å². The Morgan fingerprint density at radius 2 is 1.95 bits per heavy atom. The highest BCUT2D eigenvalue weighted by Gasteiger charge is 2.26. The van der Waals surface area contributed by atoms with Gasteiger partial charge in [-0.3, -0.25) is 14.5 Å². The summed E-state index contributed by atoms with van der Waals surface area (Å²) < 4.78 is 0. The van der Waals surface area contributed by atoms with Crippen molar-refractivity contribution in [3.63, 3.8) is 0 Å². The van der Waals surface area contributed by atoms with Crippen molar-refractivity contribution in [1.82, 2.24) is 10.2 Å². The summed E-state index contributed by atoms with van der Waals surface area (Å²) in [6.45, 7) is 6.68. The van der Waals surface area contributed by atoms with Gasteiger partial charge in [-0.05, 0) is 51.6 Å². The molecule has 0 saturated carbocycles. The van der Waals surface area contributed by atoms with E-state index in [9.17, 15) is 9.59 Å². The maximum absolute atomic E-state index is 12.1. The second-order valence-electron chi connectivity index (χ2n) is 6.09. The second kappa shape index (κ2) is 9.77. The maximum atomic E-state index is 12.1. The molecule has 0 aromatic heterocycles. The molecule has 5 nitrogen and oxygen atoms in total. The molecule has 1 aliphatic heterocycles. The molecule has 1 aliphatic rings. The fraction of sp³-hybridized carbons (Fsp3) is 0.875. The number of piperidine rings is 1. The Balaban J connectivity index is 2.22. The van der Waals surface area contributed by atoms with Gasteiger partial charge in [0.1, 0.15) is 0 Å². The summed E-state index contributed by atoms with van der Waals surface area (Å²) in [6.07, 6.45) is 6.39. The van der Waals surface area contributed by atoms with Crippen molar-refractivity contribution >= 4 is 11.9 Å². The molecule has 0 aliphatic carbocycles. The third-order valence-electron chi connectivity index (χ3n) is 4.42. The Bertz CT molecular complexity index is 325. The Labute approximate surface area is 128 Å². The zero-order chi connectivity index (χ0) is 15.7. The molecule has 1 atom stereocenters. The molecule has 1 rings (SSSR count). The monoisotopic (exact) mass is 298 g/mol. The molecule has 1 unspecified atom stereocenters. The fourth-order valence-electron chi connectivity index (χ4n) is 2.86. The van der Waals surface area contributed by atoms with Gasteiger partial charge in [0.2, 0.25) is 5.91 Å². The van der Waals surface area contributed by atoms with Gasteiger partial charge in [-0.15, -0.1) is 0 Å². The van der Waals surface area contributed by atoms with E-state index in [1.807, 2.05) is 6.92 Å². The number of nitrogens with one attached hydrogen (secondary N) is 1. The molecule has 2 N–H and O–H groups in total. The SMILES string of the molecule is CCCCCNC(=O)C(C)N1CCC(CCC(=O)O)CC1. The molecule has 122 valence electrons. The van der Waals surface area contributed by atoms with E-state index in [0.29, 0.717) is 5.92 Å².